The van der Waals surface area contributed by atoms with Gasteiger partial charge in [-0.2, -0.15) is 0 Å². The van der Waals surface area contributed by atoms with Gasteiger partial charge in [0.2, 0.25) is 0 Å². The average molecular weight is 515 g/mol. The molecule has 0 saturated carbocycles. The van der Waals surface area contributed by atoms with Crippen LogP contribution in [-0.4, -0.2) is 4.98 Å². The van der Waals surface area contributed by atoms with Gasteiger partial charge in [-0.25, -0.2) is 4.98 Å². The first-order chi connectivity index (χ1) is 16.1. The van der Waals surface area contributed by atoms with Crippen molar-refractivity contribution < 1.29 is 4.74 Å². The number of hydrogen-bond donors (Lipinski definition) is 1. The van der Waals surface area contributed by atoms with E-state index >= 15 is 0 Å². The van der Waals surface area contributed by atoms with Crippen LogP contribution in [0.15, 0.2) is 95.5 Å². The molecule has 0 amide bonds. The van der Waals surface area contributed by atoms with E-state index in [2.05, 4.69) is 88.8 Å². The number of hydrogen-bond acceptors (Lipinski definition) is 4. The van der Waals surface area contributed by atoms with Crippen LogP contribution in [0.5, 0.6) is 5.75 Å². The molecule has 0 unspecified atom stereocenters. The molecule has 0 aliphatic rings. The lowest BCUT2D eigenvalue weighted by Crippen LogP contribution is -2.04. The molecule has 0 aliphatic carbocycles. The molecule has 0 spiro atoms. The van der Waals surface area contributed by atoms with Gasteiger partial charge in [0.05, 0.1) is 10.2 Å². The Balaban J connectivity index is 1.27. The lowest BCUT2D eigenvalue weighted by atomic mass is 10.1. The zero-order chi connectivity index (χ0) is 22.6. The predicted octanol–water partition coefficient (Wildman–Crippen LogP) is 8.23. The van der Waals surface area contributed by atoms with Gasteiger partial charge in [-0.05, 0) is 72.6 Å². The van der Waals surface area contributed by atoms with Gasteiger partial charge in [-0.3, -0.25) is 0 Å². The second-order valence-electron chi connectivity index (χ2n) is 7.95. The van der Waals surface area contributed by atoms with Gasteiger partial charge in [0.15, 0.2) is 0 Å². The van der Waals surface area contributed by atoms with Crippen molar-refractivity contribution in [2.75, 3.05) is 5.32 Å². The van der Waals surface area contributed by atoms with E-state index < -0.39 is 0 Å². The van der Waals surface area contributed by atoms with Gasteiger partial charge < -0.3 is 10.1 Å². The Labute approximate surface area is 206 Å². The summed E-state index contributed by atoms with van der Waals surface area (Å²) in [5.74, 6) is 0.885. The third-order valence-corrected chi connectivity index (χ3v) is 6.98. The Morgan fingerprint density at radius 1 is 0.909 bits per heavy atom. The van der Waals surface area contributed by atoms with Crippen molar-refractivity contribution in [3.8, 4) is 16.3 Å². The number of ether oxygens (including phenoxy) is 1. The number of aryl methyl sites for hydroxylation is 1. The maximum absolute atomic E-state index is 6.11. The van der Waals surface area contributed by atoms with E-state index in [4.69, 9.17) is 9.72 Å². The second kappa shape index (κ2) is 9.77. The summed E-state index contributed by atoms with van der Waals surface area (Å²) in [6.07, 6.45) is 0. The van der Waals surface area contributed by atoms with Gasteiger partial charge in [0.25, 0.3) is 0 Å². The van der Waals surface area contributed by atoms with E-state index in [0.29, 0.717) is 13.2 Å². The number of nitrogens with one attached hydrogen (secondary N) is 1. The molecule has 0 atom stereocenters. The SMILES string of the molecule is Cc1ccc2nc(-c3ccc(NCc4cc(Br)ccc4OCc4ccccc4)cc3)sc2c1. The molecule has 1 heterocycles. The number of fused-ring (bicyclic) bond motifs is 1. The van der Waals surface area contributed by atoms with Crippen LogP contribution in [0.3, 0.4) is 0 Å². The van der Waals surface area contributed by atoms with Crippen LogP contribution in [0.4, 0.5) is 5.69 Å². The number of rotatable bonds is 7. The molecule has 5 rings (SSSR count). The Kier molecular flexibility index (Phi) is 6.42. The van der Waals surface area contributed by atoms with E-state index in [1.165, 1.54) is 10.3 Å². The minimum absolute atomic E-state index is 0.547. The van der Waals surface area contributed by atoms with E-state index in [-0.39, 0.29) is 0 Å². The first-order valence-corrected chi connectivity index (χ1v) is 12.4. The number of halogens is 1. The van der Waals surface area contributed by atoms with Crippen molar-refractivity contribution in [3.05, 3.63) is 112 Å². The van der Waals surface area contributed by atoms with Crippen molar-refractivity contribution in [1.82, 2.24) is 4.98 Å². The van der Waals surface area contributed by atoms with Gasteiger partial charge in [-0.15, -0.1) is 11.3 Å². The summed E-state index contributed by atoms with van der Waals surface area (Å²) in [7, 11) is 0. The van der Waals surface area contributed by atoms with Crippen molar-refractivity contribution in [2.24, 2.45) is 0 Å². The first kappa shape index (κ1) is 21.7. The van der Waals surface area contributed by atoms with Gasteiger partial charge >= 0.3 is 0 Å². The maximum atomic E-state index is 6.11. The summed E-state index contributed by atoms with van der Waals surface area (Å²) >= 11 is 5.32. The van der Waals surface area contributed by atoms with Crippen molar-refractivity contribution in [3.63, 3.8) is 0 Å². The standard InChI is InChI=1S/C28H23BrN2OS/c1-19-7-13-25-27(15-19)33-28(31-25)21-8-11-24(12-9-21)30-17-22-16-23(29)10-14-26(22)32-18-20-5-3-2-4-6-20/h2-16,30H,17-18H2,1H3. The van der Waals surface area contributed by atoms with Gasteiger partial charge in [0, 0.05) is 27.8 Å². The fourth-order valence-electron chi connectivity index (χ4n) is 3.65. The average Bonchev–Trinajstić information content (AvgIpc) is 3.26. The normalized spacial score (nSPS) is 11.0. The van der Waals surface area contributed by atoms with Crippen LogP contribution < -0.4 is 10.1 Å². The number of nitrogens with zero attached hydrogens (tertiary/aromatic N) is 1. The maximum Gasteiger partial charge on any atom is 0.124 e. The van der Waals surface area contributed by atoms with E-state index in [0.717, 1.165) is 43.1 Å². The summed E-state index contributed by atoms with van der Waals surface area (Å²) in [5, 5.41) is 4.57. The van der Waals surface area contributed by atoms with Gasteiger partial charge in [-0.1, -0.05) is 52.3 Å². The molecule has 3 nitrogen and oxygen atoms in total. The minimum Gasteiger partial charge on any atom is -0.489 e. The molecule has 1 N–H and O–H groups in total. The Morgan fingerprint density at radius 2 is 1.73 bits per heavy atom. The fraction of sp³-hybridized carbons (Fsp3) is 0.107. The summed E-state index contributed by atoms with van der Waals surface area (Å²) in [4.78, 5) is 4.79. The summed E-state index contributed by atoms with van der Waals surface area (Å²) in [6.45, 7) is 3.33. The topological polar surface area (TPSA) is 34.2 Å². The quantitative estimate of drug-likeness (QED) is 0.237. The van der Waals surface area contributed by atoms with E-state index in [1.54, 1.807) is 11.3 Å². The molecule has 33 heavy (non-hydrogen) atoms. The van der Waals surface area contributed by atoms with Crippen LogP contribution >= 0.6 is 27.3 Å². The number of thiazole rings is 1. The molecule has 5 aromatic rings. The Bertz CT molecular complexity index is 1380. The fourth-order valence-corrected chi connectivity index (χ4v) is 5.12. The highest BCUT2D eigenvalue weighted by atomic mass is 79.9. The monoisotopic (exact) mass is 514 g/mol. The minimum atomic E-state index is 0.547. The summed E-state index contributed by atoms with van der Waals surface area (Å²) < 4.78 is 8.37. The van der Waals surface area contributed by atoms with Crippen LogP contribution in [0.2, 0.25) is 0 Å². The molecule has 0 bridgehead atoms. The molecular formula is C28H23BrN2OS. The van der Waals surface area contributed by atoms with Crippen molar-refractivity contribution >= 4 is 43.2 Å². The highest BCUT2D eigenvalue weighted by molar-refractivity contribution is 9.10. The molecule has 0 fully saturated rings. The lowest BCUT2D eigenvalue weighted by molar-refractivity contribution is 0.303. The van der Waals surface area contributed by atoms with Crippen LogP contribution in [0, 0.1) is 6.92 Å². The molecule has 0 radical (unpaired) electrons. The van der Waals surface area contributed by atoms with E-state index in [1.807, 2.05) is 30.3 Å². The molecule has 4 aromatic carbocycles. The van der Waals surface area contributed by atoms with Crippen LogP contribution in [0.25, 0.3) is 20.8 Å². The highest BCUT2D eigenvalue weighted by Gasteiger charge is 2.08. The lowest BCUT2D eigenvalue weighted by Gasteiger charge is -2.14. The third-order valence-electron chi connectivity index (χ3n) is 5.42. The molecule has 0 saturated heterocycles. The number of aromatic nitrogens is 1. The van der Waals surface area contributed by atoms with E-state index in [9.17, 15) is 0 Å². The largest absolute Gasteiger partial charge is 0.489 e. The molecule has 164 valence electrons. The predicted molar refractivity (Wildman–Crippen MR) is 142 cm³/mol. The Hall–Kier alpha value is -3.15. The smallest absolute Gasteiger partial charge is 0.124 e. The second-order valence-corrected chi connectivity index (χ2v) is 9.89. The number of anilines is 1. The van der Waals surface area contributed by atoms with Crippen LogP contribution in [-0.2, 0) is 13.2 Å². The Morgan fingerprint density at radius 3 is 2.55 bits per heavy atom. The first-order valence-electron chi connectivity index (χ1n) is 10.8. The summed E-state index contributed by atoms with van der Waals surface area (Å²) in [6, 6.07) is 31.2. The third kappa shape index (κ3) is 5.27. The zero-order valence-corrected chi connectivity index (χ0v) is 20.6. The summed E-state index contributed by atoms with van der Waals surface area (Å²) in [5.41, 5.74) is 6.77. The molecule has 5 heteroatoms. The van der Waals surface area contributed by atoms with Gasteiger partial charge in [0.1, 0.15) is 17.4 Å². The van der Waals surface area contributed by atoms with Crippen molar-refractivity contribution in [2.45, 2.75) is 20.1 Å². The molecule has 1 aromatic heterocycles. The molecule has 0 aliphatic heterocycles. The molecular weight excluding hydrogens is 492 g/mol. The highest BCUT2D eigenvalue weighted by Crippen LogP contribution is 2.31. The number of benzene rings is 4. The van der Waals surface area contributed by atoms with Crippen molar-refractivity contribution in [1.29, 1.82) is 0 Å². The van der Waals surface area contributed by atoms with Crippen LogP contribution in [0.1, 0.15) is 16.7 Å². The zero-order valence-electron chi connectivity index (χ0n) is 18.2.